The highest BCUT2D eigenvalue weighted by atomic mass is 32.2. The van der Waals surface area contributed by atoms with Gasteiger partial charge in [0.25, 0.3) is 0 Å². The Morgan fingerprint density at radius 1 is 1.19 bits per heavy atom. The maximum Gasteiger partial charge on any atom is 0.416 e. The number of carbonyl (C=O) groups is 1. The summed E-state index contributed by atoms with van der Waals surface area (Å²) >= 11 is 0. The number of nitrogens with zero attached hydrogens (tertiary/aromatic N) is 1. The Labute approximate surface area is 206 Å². The highest BCUT2D eigenvalue weighted by Crippen LogP contribution is 2.52. The van der Waals surface area contributed by atoms with Crippen LogP contribution >= 0.6 is 0 Å². The number of carbonyl (C=O) groups excluding carboxylic acids is 1. The molecule has 2 aliphatic rings. The maximum atomic E-state index is 15.4. The topological polar surface area (TPSA) is 86.7 Å². The van der Waals surface area contributed by atoms with Gasteiger partial charge in [-0.1, -0.05) is 39.8 Å². The summed E-state index contributed by atoms with van der Waals surface area (Å²) in [6.07, 6.45) is -4.64. The van der Waals surface area contributed by atoms with Gasteiger partial charge in [-0.05, 0) is 36.1 Å². The normalized spacial score (nSPS) is 20.9. The van der Waals surface area contributed by atoms with Crippen molar-refractivity contribution in [2.75, 3.05) is 16.0 Å². The molecule has 2 N–H and O–H groups in total. The van der Waals surface area contributed by atoms with Gasteiger partial charge in [-0.15, -0.1) is 0 Å². The van der Waals surface area contributed by atoms with E-state index in [0.29, 0.717) is 12.1 Å². The first kappa shape index (κ1) is 26.0. The predicted octanol–water partition coefficient (Wildman–Crippen LogP) is 5.76. The minimum Gasteiger partial charge on any atom is -0.506 e. The number of allylic oxidation sites excluding steroid dienone is 1. The zero-order valence-electron chi connectivity index (χ0n) is 20.1. The number of aromatic hydroxyl groups is 1. The van der Waals surface area contributed by atoms with Crippen LogP contribution in [0.3, 0.4) is 0 Å². The van der Waals surface area contributed by atoms with E-state index in [4.69, 9.17) is 0 Å². The molecule has 0 saturated carbocycles. The Bertz CT molecular complexity index is 1380. The molecule has 1 unspecified atom stereocenters. The summed E-state index contributed by atoms with van der Waals surface area (Å²) in [6, 6.07) is 4.51. The smallest absolute Gasteiger partial charge is 0.416 e. The second-order valence-corrected chi connectivity index (χ2v) is 12.2. The lowest BCUT2D eigenvalue weighted by molar-refractivity contribution is -0.137. The monoisotopic (exact) mass is 526 g/mol. The molecule has 2 aliphatic heterocycles. The number of para-hydroxylation sites is 1. The number of phenolic OH excluding ortho intramolecular Hbond substituents is 1. The molecule has 2 aromatic rings. The van der Waals surface area contributed by atoms with E-state index in [-0.39, 0.29) is 39.9 Å². The van der Waals surface area contributed by atoms with Crippen LogP contribution in [-0.2, 0) is 20.8 Å². The van der Waals surface area contributed by atoms with E-state index >= 15 is 4.39 Å². The Balaban J connectivity index is 2.11. The van der Waals surface area contributed by atoms with Gasteiger partial charge in [0.05, 0.1) is 21.9 Å². The van der Waals surface area contributed by atoms with Gasteiger partial charge in [0.15, 0.2) is 9.84 Å². The number of hydrogen-bond donors (Lipinski definition) is 2. The van der Waals surface area contributed by atoms with Crippen molar-refractivity contribution in [2.45, 2.75) is 46.3 Å². The van der Waals surface area contributed by atoms with E-state index in [1.807, 2.05) is 0 Å². The standard InChI is InChI=1S/C25H26F4N2O4S/c1-13(2)23(33)31-18-6-5-7-19(32)20(18)30-17-11-24(3,4)12-36(34,35)22(17)21(31)15-9-8-14(10-16(15)26)25(27,28)29/h5-10,13,21,30,32H,11-12H2,1-4H3. The molecule has 2 aromatic carbocycles. The van der Waals surface area contributed by atoms with Crippen LogP contribution < -0.4 is 10.2 Å². The van der Waals surface area contributed by atoms with Crippen molar-refractivity contribution >= 4 is 27.1 Å². The second kappa shape index (κ2) is 8.50. The van der Waals surface area contributed by atoms with Crippen molar-refractivity contribution in [3.05, 3.63) is 63.9 Å². The molecule has 0 aliphatic carbocycles. The summed E-state index contributed by atoms with van der Waals surface area (Å²) in [7, 11) is -4.14. The second-order valence-electron chi connectivity index (χ2n) is 10.2. The summed E-state index contributed by atoms with van der Waals surface area (Å²) in [5, 5.41) is 13.6. The van der Waals surface area contributed by atoms with Crippen LogP contribution in [0.4, 0.5) is 28.9 Å². The number of phenols is 1. The molecule has 0 fully saturated rings. The summed E-state index contributed by atoms with van der Waals surface area (Å²) in [5.74, 6) is -3.17. The van der Waals surface area contributed by atoms with Gasteiger partial charge in [0.2, 0.25) is 5.91 Å². The van der Waals surface area contributed by atoms with Crippen molar-refractivity contribution in [2.24, 2.45) is 11.3 Å². The van der Waals surface area contributed by atoms with Crippen LogP contribution in [0.5, 0.6) is 5.75 Å². The Hall–Kier alpha value is -3.08. The third-order valence-corrected chi connectivity index (χ3v) is 8.59. The highest BCUT2D eigenvalue weighted by molar-refractivity contribution is 7.95. The molecular formula is C25H26F4N2O4S. The molecule has 11 heteroatoms. The third kappa shape index (κ3) is 4.44. The van der Waals surface area contributed by atoms with Gasteiger partial charge >= 0.3 is 6.18 Å². The quantitative estimate of drug-likeness (QED) is 0.384. The van der Waals surface area contributed by atoms with Gasteiger partial charge < -0.3 is 10.4 Å². The number of amides is 1. The van der Waals surface area contributed by atoms with Crippen molar-refractivity contribution in [3.8, 4) is 5.75 Å². The summed E-state index contributed by atoms with van der Waals surface area (Å²) < 4.78 is 82.6. The van der Waals surface area contributed by atoms with E-state index in [1.54, 1.807) is 27.7 Å². The first-order valence-electron chi connectivity index (χ1n) is 11.3. The molecule has 2 heterocycles. The molecule has 0 radical (unpaired) electrons. The molecular weight excluding hydrogens is 500 g/mol. The van der Waals surface area contributed by atoms with Crippen molar-refractivity contribution in [1.29, 1.82) is 0 Å². The maximum absolute atomic E-state index is 15.4. The average Bonchev–Trinajstić information content (AvgIpc) is 2.86. The number of hydrogen-bond acceptors (Lipinski definition) is 5. The van der Waals surface area contributed by atoms with Gasteiger partial charge in [0.1, 0.15) is 23.3 Å². The fourth-order valence-electron chi connectivity index (χ4n) is 4.83. The fourth-order valence-corrected chi connectivity index (χ4v) is 7.19. The molecule has 6 nitrogen and oxygen atoms in total. The van der Waals surface area contributed by atoms with Crippen LogP contribution in [0, 0.1) is 17.2 Å². The number of alkyl halides is 3. The van der Waals surface area contributed by atoms with E-state index in [1.165, 1.54) is 18.2 Å². The lowest BCUT2D eigenvalue weighted by atomic mass is 9.88. The molecule has 36 heavy (non-hydrogen) atoms. The molecule has 1 amide bonds. The number of anilines is 2. The molecule has 0 spiro atoms. The SMILES string of the molecule is CC(C)C(=O)N1c2cccc(O)c2NC2=C(C1c1ccc(C(F)(F)F)cc1F)S(=O)(=O)CC(C)(C)C2. The van der Waals surface area contributed by atoms with Crippen LogP contribution in [0.1, 0.15) is 51.3 Å². The Morgan fingerprint density at radius 3 is 2.44 bits per heavy atom. The molecule has 0 aromatic heterocycles. The summed E-state index contributed by atoms with van der Waals surface area (Å²) in [6.45, 7) is 6.60. The lowest BCUT2D eigenvalue weighted by Gasteiger charge is -2.38. The Kier molecular flexibility index (Phi) is 6.14. The van der Waals surface area contributed by atoms with Crippen LogP contribution in [0.25, 0.3) is 0 Å². The van der Waals surface area contributed by atoms with E-state index in [9.17, 15) is 31.5 Å². The first-order chi connectivity index (χ1) is 16.5. The van der Waals surface area contributed by atoms with Crippen molar-refractivity contribution in [1.82, 2.24) is 0 Å². The lowest BCUT2D eigenvalue weighted by Crippen LogP contribution is -2.42. The number of nitrogens with one attached hydrogen (secondary N) is 1. The molecule has 0 bridgehead atoms. The van der Waals surface area contributed by atoms with Gasteiger partial charge in [-0.25, -0.2) is 12.8 Å². The van der Waals surface area contributed by atoms with Gasteiger partial charge in [0, 0.05) is 17.2 Å². The van der Waals surface area contributed by atoms with Crippen molar-refractivity contribution in [3.63, 3.8) is 0 Å². The largest absolute Gasteiger partial charge is 0.506 e. The van der Waals surface area contributed by atoms with Gasteiger partial charge in [-0.3, -0.25) is 9.69 Å². The highest BCUT2D eigenvalue weighted by Gasteiger charge is 2.48. The first-order valence-corrected chi connectivity index (χ1v) is 12.9. The van der Waals surface area contributed by atoms with Crippen molar-refractivity contribution < 1.29 is 35.9 Å². The van der Waals surface area contributed by atoms with E-state index in [2.05, 4.69) is 5.32 Å². The predicted molar refractivity (Wildman–Crippen MR) is 127 cm³/mol. The van der Waals surface area contributed by atoms with E-state index in [0.717, 1.165) is 11.0 Å². The van der Waals surface area contributed by atoms with Gasteiger partial charge in [-0.2, -0.15) is 13.2 Å². The van der Waals surface area contributed by atoms with Crippen LogP contribution in [0.15, 0.2) is 47.0 Å². The van der Waals surface area contributed by atoms with E-state index < -0.39 is 56.2 Å². The molecule has 4 rings (SSSR count). The number of benzene rings is 2. The third-order valence-electron chi connectivity index (χ3n) is 6.28. The minimum atomic E-state index is -4.82. The number of halogens is 4. The molecule has 194 valence electrons. The Morgan fingerprint density at radius 2 is 1.86 bits per heavy atom. The fraction of sp³-hybridized carbons (Fsp3) is 0.400. The average molecular weight is 527 g/mol. The summed E-state index contributed by atoms with van der Waals surface area (Å²) in [4.78, 5) is 14.3. The molecule has 0 saturated heterocycles. The zero-order chi connectivity index (χ0) is 26.8. The van der Waals surface area contributed by atoms with Crippen LogP contribution in [-0.4, -0.2) is 25.2 Å². The number of rotatable bonds is 2. The minimum absolute atomic E-state index is 0.0571. The number of sulfone groups is 1. The van der Waals surface area contributed by atoms with Crippen LogP contribution in [0.2, 0.25) is 0 Å². The zero-order valence-corrected chi connectivity index (χ0v) is 20.9. The summed E-state index contributed by atoms with van der Waals surface area (Å²) in [5.41, 5.74) is -2.09. The number of fused-ring (bicyclic) bond motifs is 1. The molecule has 1 atom stereocenters.